The van der Waals surface area contributed by atoms with Gasteiger partial charge >= 0.3 is 0 Å². The van der Waals surface area contributed by atoms with Crippen LogP contribution in [0.3, 0.4) is 0 Å². The second-order valence-electron chi connectivity index (χ2n) is 8.58. The van der Waals surface area contributed by atoms with Gasteiger partial charge in [0, 0.05) is 22.5 Å². The second-order valence-corrected chi connectivity index (χ2v) is 13.2. The van der Waals surface area contributed by atoms with E-state index in [2.05, 4.69) is 0 Å². The van der Waals surface area contributed by atoms with Gasteiger partial charge in [0.2, 0.25) is 0 Å². The Bertz CT molecular complexity index is 1470. The first-order valence-corrected chi connectivity index (χ1v) is 14.7. The molecule has 0 radical (unpaired) electrons. The van der Waals surface area contributed by atoms with Crippen molar-refractivity contribution in [3.05, 3.63) is 132 Å². The maximum atomic E-state index is 15.2. The Labute approximate surface area is 207 Å². The lowest BCUT2D eigenvalue weighted by molar-refractivity contribution is 0.525. The Morgan fingerprint density at radius 3 is 1.69 bits per heavy atom. The van der Waals surface area contributed by atoms with Crippen molar-refractivity contribution in [2.45, 2.75) is 18.2 Å². The molecule has 4 aromatic carbocycles. The molecule has 5 rings (SSSR count). The Hall–Kier alpha value is -3.40. The summed E-state index contributed by atoms with van der Waals surface area (Å²) in [5.74, 6) is 0. The topological polar surface area (TPSA) is 54.5 Å². The van der Waals surface area contributed by atoms with Crippen molar-refractivity contribution in [2.75, 3.05) is 6.54 Å². The molecule has 0 atom stereocenters. The predicted molar refractivity (Wildman–Crippen MR) is 143 cm³/mol. The van der Waals surface area contributed by atoms with Crippen LogP contribution in [0.15, 0.2) is 125 Å². The summed E-state index contributed by atoms with van der Waals surface area (Å²) in [4.78, 5) is 0.229. The molecule has 0 aliphatic carbocycles. The van der Waals surface area contributed by atoms with Crippen LogP contribution in [-0.2, 0) is 14.6 Å². The molecule has 0 bridgehead atoms. The number of benzene rings is 4. The van der Waals surface area contributed by atoms with Gasteiger partial charge in [-0.3, -0.25) is 4.31 Å². The fraction of sp³-hybridized carbons (Fsp3) is 0.103. The summed E-state index contributed by atoms with van der Waals surface area (Å²) in [7, 11) is -7.18. The molecular formula is C29H26NO3PS. The van der Waals surface area contributed by atoms with Crippen LogP contribution in [0, 0.1) is 6.92 Å². The van der Waals surface area contributed by atoms with E-state index in [4.69, 9.17) is 0 Å². The highest BCUT2D eigenvalue weighted by Crippen LogP contribution is 2.59. The van der Waals surface area contributed by atoms with Crippen LogP contribution in [0.1, 0.15) is 17.5 Å². The van der Waals surface area contributed by atoms with Gasteiger partial charge in [0.15, 0.2) is 7.14 Å². The van der Waals surface area contributed by atoms with Crippen LogP contribution in [0.2, 0.25) is 0 Å². The quantitative estimate of drug-likeness (QED) is 0.317. The van der Waals surface area contributed by atoms with Gasteiger partial charge in [-0.15, -0.1) is 0 Å². The maximum absolute atomic E-state index is 15.2. The number of sulfonamides is 1. The van der Waals surface area contributed by atoms with Crippen LogP contribution in [0.25, 0.3) is 5.70 Å². The lowest BCUT2D eigenvalue weighted by Gasteiger charge is -2.25. The first-order chi connectivity index (χ1) is 16.9. The molecule has 4 nitrogen and oxygen atoms in total. The molecule has 0 saturated carbocycles. The average molecular weight is 500 g/mol. The summed E-state index contributed by atoms with van der Waals surface area (Å²) in [6, 6.07) is 35.1. The van der Waals surface area contributed by atoms with Gasteiger partial charge in [-0.05, 0) is 31.0 Å². The highest BCUT2D eigenvalue weighted by Gasteiger charge is 2.42. The number of rotatable bonds is 6. The molecule has 6 heteroatoms. The first kappa shape index (κ1) is 23.3. The minimum Gasteiger partial charge on any atom is -0.309 e. The fourth-order valence-electron chi connectivity index (χ4n) is 4.61. The average Bonchev–Trinajstić information content (AvgIpc) is 3.37. The van der Waals surface area contributed by atoms with E-state index in [9.17, 15) is 8.42 Å². The van der Waals surface area contributed by atoms with Crippen molar-refractivity contribution in [3.63, 3.8) is 0 Å². The fourth-order valence-corrected chi connectivity index (χ4v) is 9.27. The van der Waals surface area contributed by atoms with Crippen molar-refractivity contribution in [2.24, 2.45) is 0 Å². The van der Waals surface area contributed by atoms with E-state index in [-0.39, 0.29) is 11.4 Å². The van der Waals surface area contributed by atoms with Crippen molar-refractivity contribution in [1.29, 1.82) is 0 Å². The van der Waals surface area contributed by atoms with Crippen molar-refractivity contribution >= 4 is 33.5 Å². The highest BCUT2D eigenvalue weighted by atomic mass is 32.2. The van der Waals surface area contributed by atoms with Crippen molar-refractivity contribution in [3.8, 4) is 0 Å². The van der Waals surface area contributed by atoms with Crippen LogP contribution in [0.4, 0.5) is 0 Å². The zero-order valence-electron chi connectivity index (χ0n) is 19.4. The maximum Gasteiger partial charge on any atom is 0.264 e. The molecule has 0 unspecified atom stereocenters. The molecule has 0 saturated heterocycles. The number of hydrogen-bond acceptors (Lipinski definition) is 3. The van der Waals surface area contributed by atoms with Gasteiger partial charge in [0.25, 0.3) is 10.0 Å². The van der Waals surface area contributed by atoms with Gasteiger partial charge in [-0.1, -0.05) is 109 Å². The lowest BCUT2D eigenvalue weighted by atomic mass is 10.1. The van der Waals surface area contributed by atoms with Crippen molar-refractivity contribution < 1.29 is 13.0 Å². The summed E-state index contributed by atoms with van der Waals surface area (Å²) >= 11 is 0. The molecule has 0 spiro atoms. The van der Waals surface area contributed by atoms with E-state index in [1.165, 1.54) is 4.31 Å². The minimum atomic E-state index is -3.86. The Morgan fingerprint density at radius 1 is 0.686 bits per heavy atom. The van der Waals surface area contributed by atoms with Gasteiger partial charge in [-0.25, -0.2) is 8.42 Å². The highest BCUT2D eigenvalue weighted by molar-refractivity contribution is 7.89. The molecule has 35 heavy (non-hydrogen) atoms. The lowest BCUT2D eigenvalue weighted by Crippen LogP contribution is -2.27. The van der Waals surface area contributed by atoms with E-state index >= 15 is 4.57 Å². The smallest absolute Gasteiger partial charge is 0.264 e. The number of hydrogen-bond donors (Lipinski definition) is 0. The Morgan fingerprint density at radius 2 is 1.17 bits per heavy atom. The van der Waals surface area contributed by atoms with Crippen molar-refractivity contribution in [1.82, 2.24) is 4.31 Å². The molecule has 0 N–H and O–H groups in total. The minimum absolute atomic E-state index is 0.229. The summed E-state index contributed by atoms with van der Waals surface area (Å²) < 4.78 is 44.4. The van der Waals surface area contributed by atoms with Gasteiger partial charge in [0.1, 0.15) is 0 Å². The monoisotopic (exact) mass is 499 g/mol. The van der Waals surface area contributed by atoms with Gasteiger partial charge in [0.05, 0.1) is 10.6 Å². The molecule has 1 aliphatic heterocycles. The molecule has 0 amide bonds. The summed E-state index contributed by atoms with van der Waals surface area (Å²) in [6.45, 7) is 2.16. The molecule has 1 aliphatic rings. The predicted octanol–water partition coefficient (Wildman–Crippen LogP) is 5.77. The third kappa shape index (κ3) is 4.16. The second kappa shape index (κ2) is 9.33. The van der Waals surface area contributed by atoms with E-state index in [1.54, 1.807) is 24.3 Å². The van der Waals surface area contributed by atoms with E-state index in [1.807, 2.05) is 97.9 Å². The van der Waals surface area contributed by atoms with Crippen LogP contribution in [0.5, 0.6) is 0 Å². The largest absolute Gasteiger partial charge is 0.309 e. The molecular weight excluding hydrogens is 473 g/mol. The molecule has 176 valence electrons. The van der Waals surface area contributed by atoms with Crippen LogP contribution < -0.4 is 10.6 Å². The van der Waals surface area contributed by atoms with Gasteiger partial charge < -0.3 is 4.57 Å². The molecule has 0 aromatic heterocycles. The van der Waals surface area contributed by atoms with E-state index in [0.29, 0.717) is 28.0 Å². The number of aryl methyl sites for hydroxylation is 1. The first-order valence-electron chi connectivity index (χ1n) is 11.5. The third-order valence-corrected chi connectivity index (χ3v) is 11.4. The Kier molecular flexibility index (Phi) is 6.22. The Balaban J connectivity index is 1.79. The third-order valence-electron chi connectivity index (χ3n) is 6.35. The van der Waals surface area contributed by atoms with Gasteiger partial charge in [-0.2, -0.15) is 0 Å². The number of nitrogens with zero attached hydrogens (tertiary/aromatic N) is 1. The zero-order chi connectivity index (χ0) is 24.5. The van der Waals surface area contributed by atoms with Crippen LogP contribution >= 0.6 is 7.14 Å². The standard InChI is InChI=1S/C29H26NO3PS/c1-23-17-19-27(20-18-23)35(32,33)30-22-21-28(29(30)24-11-5-2-6-12-24)34(31,25-13-7-3-8-14-25)26-15-9-4-10-16-26/h2-20H,21-22H2,1H3. The summed E-state index contributed by atoms with van der Waals surface area (Å²) in [6.07, 6.45) is 0.385. The molecule has 1 heterocycles. The molecule has 0 fully saturated rings. The van der Waals surface area contributed by atoms with E-state index in [0.717, 1.165) is 11.1 Å². The zero-order valence-corrected chi connectivity index (χ0v) is 21.1. The SMILES string of the molecule is Cc1ccc(S(=O)(=O)N2CCC(P(=O)(c3ccccc3)c3ccccc3)=C2c2ccccc2)cc1. The molecule has 4 aromatic rings. The normalized spacial score (nSPS) is 14.4. The summed E-state index contributed by atoms with van der Waals surface area (Å²) in [5, 5.41) is 2.06. The summed E-state index contributed by atoms with van der Waals surface area (Å²) in [5.41, 5.74) is 2.24. The van der Waals surface area contributed by atoms with E-state index < -0.39 is 17.2 Å². The van der Waals surface area contributed by atoms with Crippen LogP contribution in [-0.4, -0.2) is 19.3 Å².